The molecule has 0 aliphatic carbocycles. The molecule has 1 amide bonds. The van der Waals surface area contributed by atoms with Crippen molar-refractivity contribution in [3.63, 3.8) is 0 Å². The zero-order chi connectivity index (χ0) is 21.3. The number of hydrogen-bond donors (Lipinski definition) is 0. The summed E-state index contributed by atoms with van der Waals surface area (Å²) in [6.45, 7) is 5.20. The lowest BCUT2D eigenvalue weighted by Gasteiger charge is -2.35. The zero-order valence-electron chi connectivity index (χ0n) is 17.5. The first-order valence-electron chi connectivity index (χ1n) is 10.2. The fourth-order valence-electron chi connectivity index (χ4n) is 4.02. The van der Waals surface area contributed by atoms with Gasteiger partial charge < -0.3 is 9.80 Å². The third-order valence-corrected chi connectivity index (χ3v) is 8.41. The number of benzene rings is 1. The Labute approximate surface area is 182 Å². The average Bonchev–Trinajstić information content (AvgIpc) is 3.38. The molecular formula is C21H28N4O3S2. The summed E-state index contributed by atoms with van der Waals surface area (Å²) >= 11 is 1.71. The number of piperazine rings is 1. The fourth-order valence-corrected chi connectivity index (χ4v) is 5.60. The quantitative estimate of drug-likeness (QED) is 0.673. The Morgan fingerprint density at radius 1 is 1.10 bits per heavy atom. The van der Waals surface area contributed by atoms with E-state index in [9.17, 15) is 13.2 Å². The summed E-state index contributed by atoms with van der Waals surface area (Å²) in [5.74, 6) is 0.110. The van der Waals surface area contributed by atoms with E-state index in [1.165, 1.54) is 24.0 Å². The maximum absolute atomic E-state index is 12.9. The Balaban J connectivity index is 1.37. The molecule has 7 nitrogen and oxygen atoms in total. The number of carbonyl (C=O) groups is 1. The molecule has 1 aromatic heterocycles. The lowest BCUT2D eigenvalue weighted by atomic mass is 10.2. The van der Waals surface area contributed by atoms with Crippen LogP contribution in [0.4, 0.5) is 5.69 Å². The molecule has 0 bridgehead atoms. The Hall–Kier alpha value is -1.94. The molecule has 2 aromatic rings. The predicted octanol–water partition coefficient (Wildman–Crippen LogP) is 1.71. The third kappa shape index (κ3) is 4.39. The van der Waals surface area contributed by atoms with Crippen LogP contribution in [-0.2, 0) is 27.8 Å². The van der Waals surface area contributed by atoms with E-state index in [2.05, 4.69) is 21.7 Å². The van der Waals surface area contributed by atoms with E-state index in [4.69, 9.17) is 0 Å². The van der Waals surface area contributed by atoms with Crippen LogP contribution in [0.25, 0.3) is 0 Å². The van der Waals surface area contributed by atoms with Crippen molar-refractivity contribution in [2.24, 2.45) is 0 Å². The largest absolute Gasteiger partial charge is 0.362 e. The number of amides is 1. The molecule has 0 N–H and O–H groups in total. The molecule has 30 heavy (non-hydrogen) atoms. The summed E-state index contributed by atoms with van der Waals surface area (Å²) in [4.78, 5) is 19.5. The summed E-state index contributed by atoms with van der Waals surface area (Å²) in [5.41, 5.74) is 3.29. The number of thiophene rings is 1. The third-order valence-electron chi connectivity index (χ3n) is 5.86. The van der Waals surface area contributed by atoms with Crippen LogP contribution in [-0.4, -0.2) is 81.8 Å². The maximum Gasteiger partial charge on any atom is 0.242 e. The average molecular weight is 449 g/mol. The van der Waals surface area contributed by atoms with Crippen LogP contribution in [0.15, 0.2) is 39.9 Å². The minimum atomic E-state index is -3.49. The van der Waals surface area contributed by atoms with Crippen LogP contribution < -0.4 is 4.90 Å². The van der Waals surface area contributed by atoms with E-state index >= 15 is 0 Å². The van der Waals surface area contributed by atoms with Gasteiger partial charge in [0.1, 0.15) is 0 Å². The number of sulfonamides is 1. The van der Waals surface area contributed by atoms with Crippen molar-refractivity contribution in [1.29, 1.82) is 0 Å². The first kappa shape index (κ1) is 21.3. The molecule has 162 valence electrons. The maximum atomic E-state index is 12.9. The molecule has 0 radical (unpaired) electrons. The molecule has 0 atom stereocenters. The van der Waals surface area contributed by atoms with Gasteiger partial charge in [-0.1, -0.05) is 6.07 Å². The second-order valence-electron chi connectivity index (χ2n) is 8.04. The second kappa shape index (κ2) is 8.66. The summed E-state index contributed by atoms with van der Waals surface area (Å²) in [6.07, 6.45) is 0.833. The topological polar surface area (TPSA) is 64.2 Å². The Morgan fingerprint density at radius 3 is 2.53 bits per heavy atom. The molecule has 1 aromatic carbocycles. The summed E-state index contributed by atoms with van der Waals surface area (Å²) in [6, 6.07) is 7.40. The first-order valence-corrected chi connectivity index (χ1v) is 12.5. The van der Waals surface area contributed by atoms with Crippen molar-refractivity contribution in [3.8, 4) is 0 Å². The highest BCUT2D eigenvalue weighted by atomic mass is 32.2. The van der Waals surface area contributed by atoms with E-state index in [0.717, 1.165) is 56.9 Å². The normalized spacial score (nSPS) is 17.6. The van der Waals surface area contributed by atoms with Gasteiger partial charge in [0.05, 0.1) is 11.4 Å². The van der Waals surface area contributed by atoms with E-state index in [-0.39, 0.29) is 10.8 Å². The summed E-state index contributed by atoms with van der Waals surface area (Å²) < 4.78 is 26.2. The number of anilines is 1. The highest BCUT2D eigenvalue weighted by Crippen LogP contribution is 2.31. The van der Waals surface area contributed by atoms with Gasteiger partial charge in [0.15, 0.2) is 0 Å². The van der Waals surface area contributed by atoms with Gasteiger partial charge in [0.25, 0.3) is 0 Å². The van der Waals surface area contributed by atoms with Crippen LogP contribution in [0.1, 0.15) is 11.1 Å². The van der Waals surface area contributed by atoms with Gasteiger partial charge in [-0.2, -0.15) is 11.3 Å². The van der Waals surface area contributed by atoms with Crippen molar-refractivity contribution in [3.05, 3.63) is 46.2 Å². The predicted molar refractivity (Wildman–Crippen MR) is 119 cm³/mol. The van der Waals surface area contributed by atoms with Gasteiger partial charge in [-0.3, -0.25) is 9.69 Å². The lowest BCUT2D eigenvalue weighted by molar-refractivity contribution is -0.131. The van der Waals surface area contributed by atoms with Crippen LogP contribution in [0.2, 0.25) is 0 Å². The molecule has 2 aliphatic rings. The van der Waals surface area contributed by atoms with Gasteiger partial charge >= 0.3 is 0 Å². The monoisotopic (exact) mass is 448 g/mol. The van der Waals surface area contributed by atoms with E-state index in [1.807, 2.05) is 15.9 Å². The molecule has 0 unspecified atom stereocenters. The van der Waals surface area contributed by atoms with Crippen molar-refractivity contribution in [2.45, 2.75) is 17.9 Å². The van der Waals surface area contributed by atoms with Gasteiger partial charge in [0, 0.05) is 59.1 Å². The van der Waals surface area contributed by atoms with Gasteiger partial charge in [-0.05, 0) is 46.5 Å². The molecule has 1 saturated heterocycles. The van der Waals surface area contributed by atoms with E-state index in [1.54, 1.807) is 23.5 Å². The minimum absolute atomic E-state index is 0.110. The van der Waals surface area contributed by atoms with Crippen LogP contribution in [0.5, 0.6) is 0 Å². The van der Waals surface area contributed by atoms with E-state index in [0.29, 0.717) is 6.54 Å². The Morgan fingerprint density at radius 2 is 1.87 bits per heavy atom. The minimum Gasteiger partial charge on any atom is -0.362 e. The fraction of sp³-hybridized carbons (Fsp3) is 0.476. The number of carbonyl (C=O) groups excluding carboxylic acids is 1. The first-order chi connectivity index (χ1) is 14.3. The van der Waals surface area contributed by atoms with Crippen molar-refractivity contribution < 1.29 is 13.2 Å². The molecular weight excluding hydrogens is 420 g/mol. The van der Waals surface area contributed by atoms with E-state index < -0.39 is 10.0 Å². The molecule has 1 fully saturated rings. The smallest absolute Gasteiger partial charge is 0.242 e. The highest BCUT2D eigenvalue weighted by molar-refractivity contribution is 7.89. The lowest BCUT2D eigenvalue weighted by Crippen LogP contribution is -2.50. The summed E-state index contributed by atoms with van der Waals surface area (Å²) in [5, 5.41) is 4.27. The molecule has 4 rings (SSSR count). The molecule has 0 spiro atoms. The molecule has 2 aliphatic heterocycles. The summed E-state index contributed by atoms with van der Waals surface area (Å²) in [7, 11) is -0.433. The van der Waals surface area contributed by atoms with Crippen molar-refractivity contribution >= 4 is 33.0 Å². The Kier molecular flexibility index (Phi) is 6.15. The number of fused-ring (bicyclic) bond motifs is 1. The number of hydrogen-bond acceptors (Lipinski definition) is 6. The van der Waals surface area contributed by atoms with Crippen LogP contribution in [0.3, 0.4) is 0 Å². The highest BCUT2D eigenvalue weighted by Gasteiger charge is 2.28. The van der Waals surface area contributed by atoms with Gasteiger partial charge in [0.2, 0.25) is 15.9 Å². The van der Waals surface area contributed by atoms with Crippen LogP contribution >= 0.6 is 11.3 Å². The van der Waals surface area contributed by atoms with Gasteiger partial charge in [-0.25, -0.2) is 12.7 Å². The van der Waals surface area contributed by atoms with Crippen LogP contribution in [0, 0.1) is 0 Å². The second-order valence-corrected chi connectivity index (χ2v) is 11.0. The van der Waals surface area contributed by atoms with Crippen molar-refractivity contribution in [2.75, 3.05) is 58.3 Å². The zero-order valence-corrected chi connectivity index (χ0v) is 19.1. The SMILES string of the molecule is CN(C)S(=O)(=O)c1ccc2c(c1)N(CC(=O)N1CCN(Cc3ccsc3)CC1)CC2. The molecule has 9 heteroatoms. The number of rotatable bonds is 6. The Bertz CT molecular complexity index is 997. The molecule has 0 saturated carbocycles. The molecule has 3 heterocycles. The standard InChI is InChI=1S/C21H28N4O3S2/c1-22(2)30(27,28)19-4-3-18-5-7-25(20(18)13-19)15-21(26)24-10-8-23(9-11-24)14-17-6-12-29-16-17/h3-4,6,12-13,16H,5,7-11,14-15H2,1-2H3. The van der Waals surface area contributed by atoms with Crippen molar-refractivity contribution in [1.82, 2.24) is 14.1 Å². The number of nitrogens with zero attached hydrogens (tertiary/aromatic N) is 4. The van der Waals surface area contributed by atoms with Gasteiger partial charge in [-0.15, -0.1) is 0 Å².